The number of nitrogens with zero attached hydrogens (tertiary/aromatic N) is 2. The molecule has 2 aliphatic heterocycles. The van der Waals surface area contributed by atoms with Crippen LogP contribution in [0.5, 0.6) is 11.5 Å². The number of phenols is 1. The molecule has 2 aliphatic carbocycles. The van der Waals surface area contributed by atoms with Gasteiger partial charge in [-0.1, -0.05) is 29.3 Å². The maximum Gasteiger partial charge on any atom is 0.241 e. The number of imide groups is 2. The first-order valence-corrected chi connectivity index (χ1v) is 14.4. The molecule has 10 heteroatoms. The fraction of sp³-hybridized carbons (Fsp3) is 0.438. The Bertz CT molecular complexity index is 1600. The molecule has 0 spiro atoms. The zero-order valence-corrected chi connectivity index (χ0v) is 24.7. The lowest BCUT2D eigenvalue weighted by Crippen LogP contribution is -2.49. The number of phenolic OH excluding ortho intramolecular Hbond substituents is 1. The predicted molar refractivity (Wildman–Crippen MR) is 152 cm³/mol. The summed E-state index contributed by atoms with van der Waals surface area (Å²) >= 11 is 6.04. The van der Waals surface area contributed by atoms with E-state index in [0.29, 0.717) is 12.0 Å². The van der Waals surface area contributed by atoms with Crippen molar-refractivity contribution >= 4 is 40.9 Å². The van der Waals surface area contributed by atoms with Crippen molar-refractivity contribution in [3.05, 3.63) is 64.5 Å². The van der Waals surface area contributed by atoms with Crippen molar-refractivity contribution in [3.63, 3.8) is 0 Å². The van der Waals surface area contributed by atoms with E-state index < -0.39 is 58.2 Å². The number of methoxy groups -OCH3 is 1. The molecule has 3 fully saturated rings. The third-order valence-electron chi connectivity index (χ3n) is 9.64. The lowest BCUT2D eigenvalue weighted by Gasteiger charge is -2.49. The van der Waals surface area contributed by atoms with Gasteiger partial charge in [0.25, 0.3) is 0 Å². The Morgan fingerprint density at radius 1 is 1.02 bits per heavy atom. The Hall–Kier alpha value is -3.72. The molecule has 0 unspecified atom stereocenters. The molecule has 0 bridgehead atoms. The molecule has 2 aromatic rings. The molecular weight excluding hydrogens is 563 g/mol. The molecule has 1 N–H and O–H groups in total. The van der Waals surface area contributed by atoms with Gasteiger partial charge in [0.2, 0.25) is 23.6 Å². The Morgan fingerprint density at radius 2 is 1.74 bits per heavy atom. The quantitative estimate of drug-likeness (QED) is 0.386. The molecule has 42 heavy (non-hydrogen) atoms. The maximum atomic E-state index is 14.4. The maximum absolute atomic E-state index is 14.4. The van der Waals surface area contributed by atoms with Gasteiger partial charge in [0.15, 0.2) is 11.5 Å². The molecule has 8 nitrogen and oxygen atoms in total. The molecule has 2 saturated heterocycles. The van der Waals surface area contributed by atoms with Gasteiger partial charge in [0.1, 0.15) is 5.82 Å². The molecule has 1 saturated carbocycles. The first-order chi connectivity index (χ1) is 19.7. The van der Waals surface area contributed by atoms with Crippen LogP contribution in [0.4, 0.5) is 10.1 Å². The standard InChI is InChI=1S/C32H32ClFN2O6/c1-31(2,3)36-27(38)18-9-8-17-19(25(18)29(36)40)14-20-28(39)35(16-7-10-22(34)21(33)13-16)30(41)32(20,4)26(17)15-6-11-24(42-5)23(37)12-15/h6-8,10-13,18-20,25-26,37H,9,14H2,1-5H3/t18-,19+,20-,25-,26-,32+/m0/s1. The number of aromatic hydroxyl groups is 1. The SMILES string of the molecule is COc1ccc([C@H]2C3=CC[C@@H]4C(=O)N(C(C)(C)C)C(=O)[C@@H]4[C@@H]3C[C@H]3C(=O)N(c4ccc(F)c(Cl)c4)C(=O)[C@@]23C)cc1O. The number of benzene rings is 2. The van der Waals surface area contributed by atoms with E-state index in [1.165, 1.54) is 30.2 Å². The summed E-state index contributed by atoms with van der Waals surface area (Å²) in [5, 5.41) is 10.5. The second-order valence-corrected chi connectivity index (χ2v) is 13.3. The summed E-state index contributed by atoms with van der Waals surface area (Å²) in [6.07, 6.45) is 2.47. The van der Waals surface area contributed by atoms with E-state index in [1.807, 2.05) is 26.8 Å². The molecule has 0 aromatic heterocycles. The van der Waals surface area contributed by atoms with Crippen LogP contribution in [0.2, 0.25) is 5.02 Å². The van der Waals surface area contributed by atoms with Crippen molar-refractivity contribution in [3.8, 4) is 11.5 Å². The van der Waals surface area contributed by atoms with Gasteiger partial charge in [-0.2, -0.15) is 0 Å². The highest BCUT2D eigenvalue weighted by molar-refractivity contribution is 6.31. The smallest absolute Gasteiger partial charge is 0.241 e. The molecule has 4 aliphatic rings. The third kappa shape index (κ3) is 3.78. The average Bonchev–Trinajstić information content (AvgIpc) is 3.30. The zero-order valence-electron chi connectivity index (χ0n) is 24.0. The van der Waals surface area contributed by atoms with Gasteiger partial charge in [0.05, 0.1) is 41.0 Å². The van der Waals surface area contributed by atoms with Crippen molar-refractivity contribution in [2.24, 2.45) is 29.1 Å². The number of halogens is 2. The van der Waals surface area contributed by atoms with Crippen LogP contribution in [0.3, 0.4) is 0 Å². The second kappa shape index (κ2) is 9.39. The highest BCUT2D eigenvalue weighted by Crippen LogP contribution is 2.64. The molecule has 0 radical (unpaired) electrons. The number of anilines is 1. The van der Waals surface area contributed by atoms with Gasteiger partial charge in [0, 0.05) is 11.5 Å². The number of carbonyl (C=O) groups is 4. The van der Waals surface area contributed by atoms with Crippen LogP contribution in [-0.4, -0.2) is 46.3 Å². The summed E-state index contributed by atoms with van der Waals surface area (Å²) < 4.78 is 19.3. The van der Waals surface area contributed by atoms with Crippen molar-refractivity contribution in [2.45, 2.75) is 52.0 Å². The van der Waals surface area contributed by atoms with Crippen LogP contribution in [0.25, 0.3) is 0 Å². The van der Waals surface area contributed by atoms with E-state index in [0.717, 1.165) is 16.5 Å². The molecule has 4 amide bonds. The van der Waals surface area contributed by atoms with Crippen molar-refractivity contribution in [1.29, 1.82) is 0 Å². The first-order valence-electron chi connectivity index (χ1n) is 14.0. The molecule has 2 heterocycles. The summed E-state index contributed by atoms with van der Waals surface area (Å²) in [7, 11) is 1.43. The second-order valence-electron chi connectivity index (χ2n) is 12.9. The number of likely N-dealkylation sites (tertiary alicyclic amines) is 1. The van der Waals surface area contributed by atoms with Gasteiger partial charge in [-0.25, -0.2) is 9.29 Å². The normalized spacial score (nSPS) is 30.7. The highest BCUT2D eigenvalue weighted by atomic mass is 35.5. The van der Waals surface area contributed by atoms with E-state index >= 15 is 0 Å². The minimum atomic E-state index is -1.30. The van der Waals surface area contributed by atoms with Gasteiger partial charge in [-0.15, -0.1) is 0 Å². The van der Waals surface area contributed by atoms with Gasteiger partial charge >= 0.3 is 0 Å². The topological polar surface area (TPSA) is 104 Å². The van der Waals surface area contributed by atoms with Gasteiger partial charge in [-0.05, 0) is 82.3 Å². The summed E-state index contributed by atoms with van der Waals surface area (Å²) in [5.41, 5.74) is -0.474. The highest BCUT2D eigenvalue weighted by Gasteiger charge is 2.68. The lowest BCUT2D eigenvalue weighted by atomic mass is 9.51. The fourth-order valence-electron chi connectivity index (χ4n) is 7.81. The van der Waals surface area contributed by atoms with Crippen molar-refractivity contribution in [1.82, 2.24) is 4.90 Å². The van der Waals surface area contributed by atoms with Crippen LogP contribution < -0.4 is 9.64 Å². The molecule has 6 atom stereocenters. The van der Waals surface area contributed by atoms with Gasteiger partial charge < -0.3 is 9.84 Å². The number of allylic oxidation sites excluding steroid dienone is 2. The van der Waals surface area contributed by atoms with E-state index in [-0.39, 0.29) is 40.4 Å². The largest absolute Gasteiger partial charge is 0.504 e. The number of fused-ring (bicyclic) bond motifs is 4. The number of ether oxygens (including phenoxy) is 1. The van der Waals surface area contributed by atoms with E-state index in [4.69, 9.17) is 16.3 Å². The van der Waals surface area contributed by atoms with Crippen LogP contribution in [0.15, 0.2) is 48.0 Å². The Labute approximate surface area is 248 Å². The minimum Gasteiger partial charge on any atom is -0.504 e. The fourth-order valence-corrected chi connectivity index (χ4v) is 7.99. The zero-order chi connectivity index (χ0) is 30.5. The van der Waals surface area contributed by atoms with Crippen LogP contribution in [0, 0.1) is 34.9 Å². The average molecular weight is 595 g/mol. The van der Waals surface area contributed by atoms with Crippen LogP contribution in [-0.2, 0) is 19.2 Å². The molecule has 6 rings (SSSR count). The third-order valence-corrected chi connectivity index (χ3v) is 9.93. The van der Waals surface area contributed by atoms with E-state index in [1.54, 1.807) is 19.1 Å². The summed E-state index contributed by atoms with van der Waals surface area (Å²) in [6.45, 7) is 7.20. The molecule has 220 valence electrons. The summed E-state index contributed by atoms with van der Waals surface area (Å²) in [6, 6.07) is 8.58. The monoisotopic (exact) mass is 594 g/mol. The summed E-state index contributed by atoms with van der Waals surface area (Å²) in [4.78, 5) is 58.4. The van der Waals surface area contributed by atoms with Crippen LogP contribution in [0.1, 0.15) is 52.0 Å². The molecular formula is C32H32ClFN2O6. The number of rotatable bonds is 3. The number of amides is 4. The Morgan fingerprint density at radius 3 is 2.36 bits per heavy atom. The number of hydrogen-bond acceptors (Lipinski definition) is 6. The van der Waals surface area contributed by atoms with E-state index in [9.17, 15) is 28.7 Å². The Balaban J connectivity index is 1.53. The predicted octanol–water partition coefficient (Wildman–Crippen LogP) is 5.22. The van der Waals surface area contributed by atoms with Crippen molar-refractivity contribution in [2.75, 3.05) is 12.0 Å². The lowest BCUT2D eigenvalue weighted by molar-refractivity contribution is -0.145. The van der Waals surface area contributed by atoms with Gasteiger partial charge in [-0.3, -0.25) is 24.1 Å². The summed E-state index contributed by atoms with van der Waals surface area (Å²) in [5.74, 6) is -5.26. The Kier molecular flexibility index (Phi) is 6.35. The molecule has 2 aromatic carbocycles. The van der Waals surface area contributed by atoms with E-state index in [2.05, 4.69) is 0 Å². The van der Waals surface area contributed by atoms with Crippen LogP contribution >= 0.6 is 11.6 Å². The van der Waals surface area contributed by atoms with Crippen molar-refractivity contribution < 1.29 is 33.4 Å². The first kappa shape index (κ1) is 28.4. The number of carbonyl (C=O) groups excluding carboxylic acids is 4. The number of hydrogen-bond donors (Lipinski definition) is 1. The minimum absolute atomic E-state index is 0.128.